The molecule has 0 saturated carbocycles. The van der Waals surface area contributed by atoms with Gasteiger partial charge in [-0.3, -0.25) is 9.78 Å². The smallest absolute Gasteiger partial charge is 0.230 e. The molecule has 0 aliphatic carbocycles. The summed E-state index contributed by atoms with van der Waals surface area (Å²) < 4.78 is 47.8. The van der Waals surface area contributed by atoms with Gasteiger partial charge in [0.1, 0.15) is 0 Å². The average molecular weight is 541 g/mol. The molecule has 0 aliphatic heterocycles. The van der Waals surface area contributed by atoms with Crippen molar-refractivity contribution < 1.29 is 21.6 Å². The Hall–Kier alpha value is -2.46. The minimum atomic E-state index is -3.36. The Bertz CT molecular complexity index is 1400. The van der Waals surface area contributed by atoms with Gasteiger partial charge >= 0.3 is 0 Å². The topological polar surface area (TPSA) is 110 Å². The lowest BCUT2D eigenvalue weighted by Crippen LogP contribution is -2.15. The maximum absolute atomic E-state index is 12.4. The molecular formula is C23H22Cl2N2O5S2. The highest BCUT2D eigenvalue weighted by Gasteiger charge is 2.16. The van der Waals surface area contributed by atoms with Crippen LogP contribution in [0.1, 0.15) is 19.5 Å². The Morgan fingerprint density at radius 1 is 0.853 bits per heavy atom. The van der Waals surface area contributed by atoms with Crippen molar-refractivity contribution in [1.82, 2.24) is 4.98 Å². The number of sulfone groups is 2. The zero-order chi connectivity index (χ0) is 25.1. The molecule has 0 fully saturated rings. The fourth-order valence-electron chi connectivity index (χ4n) is 3.15. The first kappa shape index (κ1) is 26.2. The van der Waals surface area contributed by atoms with Crippen LogP contribution < -0.4 is 5.32 Å². The normalized spacial score (nSPS) is 11.9. The average Bonchev–Trinajstić information content (AvgIpc) is 2.79. The zero-order valence-corrected chi connectivity index (χ0v) is 21.5. The van der Waals surface area contributed by atoms with Crippen LogP contribution in [-0.2, 0) is 30.9 Å². The second-order valence-corrected chi connectivity index (χ2v) is 12.7. The number of halogens is 2. The third kappa shape index (κ3) is 5.96. The highest BCUT2D eigenvalue weighted by atomic mass is 35.5. The highest BCUT2D eigenvalue weighted by molar-refractivity contribution is 7.91. The number of nitrogens with one attached hydrogen (secondary N) is 1. The van der Waals surface area contributed by atoms with E-state index in [9.17, 15) is 21.6 Å². The number of aromatic nitrogens is 1. The molecule has 180 valence electrons. The summed E-state index contributed by atoms with van der Waals surface area (Å²) in [5.74, 6) is -0.416. The van der Waals surface area contributed by atoms with Crippen molar-refractivity contribution >= 4 is 54.5 Å². The number of hydrogen-bond acceptors (Lipinski definition) is 6. The lowest BCUT2D eigenvalue weighted by molar-refractivity contribution is -0.115. The zero-order valence-electron chi connectivity index (χ0n) is 18.4. The van der Waals surface area contributed by atoms with Crippen LogP contribution in [0.25, 0.3) is 11.1 Å². The van der Waals surface area contributed by atoms with Crippen LogP contribution in [0.4, 0.5) is 5.69 Å². The minimum absolute atomic E-state index is 0.000240. The molecular weight excluding hydrogens is 519 g/mol. The van der Waals surface area contributed by atoms with Crippen LogP contribution in [-0.4, -0.2) is 39.2 Å². The number of anilines is 1. The molecule has 11 heteroatoms. The van der Waals surface area contributed by atoms with Crippen molar-refractivity contribution in [1.29, 1.82) is 0 Å². The van der Waals surface area contributed by atoms with Gasteiger partial charge in [0.2, 0.25) is 5.91 Å². The molecule has 2 aromatic carbocycles. The summed E-state index contributed by atoms with van der Waals surface area (Å²) in [5.41, 5.74) is 1.92. The van der Waals surface area contributed by atoms with E-state index in [0.717, 1.165) is 0 Å². The summed E-state index contributed by atoms with van der Waals surface area (Å²) >= 11 is 12.8. The maximum Gasteiger partial charge on any atom is 0.230 e. The molecule has 0 spiro atoms. The maximum atomic E-state index is 12.4. The van der Waals surface area contributed by atoms with Gasteiger partial charge in [0, 0.05) is 23.1 Å². The van der Waals surface area contributed by atoms with Crippen molar-refractivity contribution in [2.45, 2.75) is 30.1 Å². The predicted octanol–water partition coefficient (Wildman–Crippen LogP) is 4.82. The number of rotatable bonds is 8. The molecule has 34 heavy (non-hydrogen) atoms. The molecule has 0 unspecified atom stereocenters. The standard InChI is InChI=1S/C23H22Cl2N2O5S2/c1-3-33(29,30)18-8-5-15(6-9-18)23-20(24)11-17(12-21(23)25)27-22(28)13-16-7-10-19(14-26-16)34(31,32)4-2/h5-12,14H,3-4,13H2,1-2H3,(H,27,28). The Balaban J connectivity index is 1.75. The molecule has 0 saturated heterocycles. The number of amides is 1. The molecule has 0 atom stereocenters. The van der Waals surface area contributed by atoms with Crippen LogP contribution >= 0.6 is 23.2 Å². The van der Waals surface area contributed by atoms with E-state index in [4.69, 9.17) is 23.2 Å². The minimum Gasteiger partial charge on any atom is -0.326 e. The monoisotopic (exact) mass is 540 g/mol. The molecule has 1 heterocycles. The summed E-state index contributed by atoms with van der Waals surface area (Å²) in [4.78, 5) is 16.8. The van der Waals surface area contributed by atoms with E-state index in [2.05, 4.69) is 10.3 Å². The number of hydrogen-bond donors (Lipinski definition) is 1. The SMILES string of the molecule is CCS(=O)(=O)c1ccc(-c2c(Cl)cc(NC(=O)Cc3ccc(S(=O)(=O)CC)cn3)cc2Cl)cc1. The predicted molar refractivity (Wildman–Crippen MR) is 134 cm³/mol. The van der Waals surface area contributed by atoms with E-state index < -0.39 is 19.7 Å². The van der Waals surface area contributed by atoms with E-state index in [1.165, 1.54) is 30.5 Å². The van der Waals surface area contributed by atoms with Crippen LogP contribution in [0.5, 0.6) is 0 Å². The van der Waals surface area contributed by atoms with Gasteiger partial charge in [-0.2, -0.15) is 0 Å². The first-order valence-corrected chi connectivity index (χ1v) is 14.3. The Labute approximate surface area is 209 Å². The number of pyridine rings is 1. The molecule has 0 radical (unpaired) electrons. The van der Waals surface area contributed by atoms with Gasteiger partial charge in [0.25, 0.3) is 0 Å². The van der Waals surface area contributed by atoms with Crippen molar-refractivity contribution in [3.8, 4) is 11.1 Å². The summed E-state index contributed by atoms with van der Waals surface area (Å²) in [6, 6.07) is 12.3. The van der Waals surface area contributed by atoms with Gasteiger partial charge in [-0.25, -0.2) is 16.8 Å². The fraction of sp³-hybridized carbons (Fsp3) is 0.217. The Morgan fingerprint density at radius 2 is 1.38 bits per heavy atom. The van der Waals surface area contributed by atoms with Crippen LogP contribution in [0.2, 0.25) is 10.0 Å². The molecule has 7 nitrogen and oxygen atoms in total. The van der Waals surface area contributed by atoms with Crippen molar-refractivity contribution in [3.63, 3.8) is 0 Å². The molecule has 3 aromatic rings. The number of carbonyl (C=O) groups is 1. The second-order valence-electron chi connectivity index (χ2n) is 7.36. The summed E-state index contributed by atoms with van der Waals surface area (Å²) in [6.45, 7) is 3.12. The van der Waals surface area contributed by atoms with Crippen LogP contribution in [0.3, 0.4) is 0 Å². The largest absolute Gasteiger partial charge is 0.326 e. The molecule has 3 rings (SSSR count). The Morgan fingerprint density at radius 3 is 1.88 bits per heavy atom. The molecule has 0 aliphatic rings. The van der Waals surface area contributed by atoms with Gasteiger partial charge in [-0.1, -0.05) is 49.2 Å². The van der Waals surface area contributed by atoms with E-state index in [1.54, 1.807) is 38.1 Å². The van der Waals surface area contributed by atoms with Gasteiger partial charge in [-0.05, 0) is 42.0 Å². The fourth-order valence-corrected chi connectivity index (χ4v) is 5.56. The van der Waals surface area contributed by atoms with Crippen molar-refractivity contribution in [2.75, 3.05) is 16.8 Å². The van der Waals surface area contributed by atoms with E-state index >= 15 is 0 Å². The second kappa shape index (κ2) is 10.4. The molecule has 1 amide bonds. The highest BCUT2D eigenvalue weighted by Crippen LogP contribution is 2.37. The van der Waals surface area contributed by atoms with Gasteiger partial charge in [-0.15, -0.1) is 0 Å². The third-order valence-corrected chi connectivity index (χ3v) is 9.15. The summed E-state index contributed by atoms with van der Waals surface area (Å²) in [5, 5.41) is 3.26. The molecule has 0 bridgehead atoms. The van der Waals surface area contributed by atoms with E-state index in [-0.39, 0.29) is 43.7 Å². The van der Waals surface area contributed by atoms with Crippen LogP contribution in [0.15, 0.2) is 64.5 Å². The number of carbonyl (C=O) groups excluding carboxylic acids is 1. The third-order valence-electron chi connectivity index (χ3n) is 5.09. The van der Waals surface area contributed by atoms with Crippen LogP contribution in [0, 0.1) is 0 Å². The van der Waals surface area contributed by atoms with Crippen molar-refractivity contribution in [3.05, 3.63) is 70.5 Å². The van der Waals surface area contributed by atoms with Crippen molar-refractivity contribution in [2.24, 2.45) is 0 Å². The molecule has 1 aromatic heterocycles. The Kier molecular flexibility index (Phi) is 8.02. The first-order valence-electron chi connectivity index (χ1n) is 10.3. The first-order chi connectivity index (χ1) is 16.0. The van der Waals surface area contributed by atoms with Gasteiger partial charge in [0.15, 0.2) is 19.7 Å². The number of benzene rings is 2. The lowest BCUT2D eigenvalue weighted by Gasteiger charge is -2.12. The summed E-state index contributed by atoms with van der Waals surface area (Å²) in [6.07, 6.45) is 1.16. The van der Waals surface area contributed by atoms with E-state index in [0.29, 0.717) is 22.5 Å². The van der Waals surface area contributed by atoms with Gasteiger partial charge < -0.3 is 5.32 Å². The van der Waals surface area contributed by atoms with E-state index in [1.807, 2.05) is 0 Å². The molecule has 1 N–H and O–H groups in total. The quantitative estimate of drug-likeness (QED) is 0.438. The lowest BCUT2D eigenvalue weighted by atomic mass is 10.0. The number of nitrogens with zero attached hydrogens (tertiary/aromatic N) is 1. The summed E-state index contributed by atoms with van der Waals surface area (Å²) in [7, 11) is -6.69. The van der Waals surface area contributed by atoms with Gasteiger partial charge in [0.05, 0.1) is 37.8 Å².